The molecule has 4 N–H and O–H groups in total. The third-order valence-electron chi connectivity index (χ3n) is 8.46. The lowest BCUT2D eigenvalue weighted by atomic mass is 9.93. The molecule has 1 aromatic heterocycles. The Labute approximate surface area is 309 Å². The number of methoxy groups -OCH3 is 1. The number of nitrogens with zero attached hydrogens (tertiary/aromatic N) is 1. The molecule has 0 aliphatic carbocycles. The monoisotopic (exact) mass is 737 g/mol. The molecule has 1 heterocycles. The first-order valence-electron chi connectivity index (χ1n) is 16.8. The number of halogens is 2. The number of unbranched alkanes of at least 4 members (excludes halogenated alkanes) is 1. The number of alkyl halides is 1. The summed E-state index contributed by atoms with van der Waals surface area (Å²) in [6.07, 6.45) is 5.67. The maximum absolute atomic E-state index is 12.5. The maximum atomic E-state index is 12.5. The standard InChI is InChI=1S/C39H45Cl2N3O7/c1-25-28(9-6-10-31(25)32-11-7-13-35(26(32)2)49-16-8-14-40)24-51-37-19-36(50-23-27-17-30(38(45)46)21-43-20-27)29(18-33(37)41)22-44-34(39(47)48-3)12-4-5-15-42/h6-7,9-11,13,17-21,34,44H,4-5,8,12,14-16,22-24,42H2,1-3H3,(H,45,46). The molecule has 0 saturated heterocycles. The molecular weight excluding hydrogens is 693 g/mol. The number of hydrogen-bond donors (Lipinski definition) is 3. The topological polar surface area (TPSA) is 142 Å². The Bertz CT molecular complexity index is 1790. The van der Waals surface area contributed by atoms with Crippen molar-refractivity contribution >= 4 is 35.1 Å². The highest BCUT2D eigenvalue weighted by molar-refractivity contribution is 6.32. The smallest absolute Gasteiger partial charge is 0.337 e. The van der Waals surface area contributed by atoms with Crippen molar-refractivity contribution in [2.45, 2.75) is 65.3 Å². The highest BCUT2D eigenvalue weighted by atomic mass is 35.5. The summed E-state index contributed by atoms with van der Waals surface area (Å²) in [5, 5.41) is 13.0. The van der Waals surface area contributed by atoms with Gasteiger partial charge < -0.3 is 35.1 Å². The summed E-state index contributed by atoms with van der Waals surface area (Å²) < 4.78 is 23.5. The first kappa shape index (κ1) is 39.4. The number of nitrogens with one attached hydrogen (secondary N) is 1. The fourth-order valence-electron chi connectivity index (χ4n) is 5.56. The van der Waals surface area contributed by atoms with Crippen LogP contribution in [0.1, 0.15) is 63.9 Å². The number of nitrogens with two attached hydrogens (primary N) is 1. The van der Waals surface area contributed by atoms with E-state index in [0.717, 1.165) is 52.8 Å². The lowest BCUT2D eigenvalue weighted by Crippen LogP contribution is -2.37. The molecule has 0 radical (unpaired) electrons. The van der Waals surface area contributed by atoms with E-state index in [4.69, 9.17) is 47.9 Å². The van der Waals surface area contributed by atoms with Gasteiger partial charge in [-0.05, 0) is 85.7 Å². The lowest BCUT2D eigenvalue weighted by Gasteiger charge is -2.20. The van der Waals surface area contributed by atoms with Gasteiger partial charge in [-0.15, -0.1) is 11.6 Å². The number of carboxylic acid groups (broad SMARTS) is 1. The minimum Gasteiger partial charge on any atom is -0.493 e. The average molecular weight is 739 g/mol. The molecule has 4 aromatic rings. The van der Waals surface area contributed by atoms with Gasteiger partial charge in [-0.3, -0.25) is 9.78 Å². The number of ether oxygens (including phenoxy) is 4. The van der Waals surface area contributed by atoms with Crippen LogP contribution in [0.2, 0.25) is 5.02 Å². The highest BCUT2D eigenvalue weighted by Crippen LogP contribution is 2.36. The molecule has 0 bridgehead atoms. The number of rotatable bonds is 20. The molecule has 272 valence electrons. The van der Waals surface area contributed by atoms with Crippen molar-refractivity contribution in [3.05, 3.63) is 105 Å². The van der Waals surface area contributed by atoms with Gasteiger partial charge in [0.25, 0.3) is 0 Å². The first-order chi connectivity index (χ1) is 24.7. The molecule has 0 aliphatic heterocycles. The van der Waals surface area contributed by atoms with Crippen LogP contribution in [0.3, 0.4) is 0 Å². The predicted molar refractivity (Wildman–Crippen MR) is 199 cm³/mol. The van der Waals surface area contributed by atoms with Crippen molar-refractivity contribution in [3.63, 3.8) is 0 Å². The minimum atomic E-state index is -1.09. The van der Waals surface area contributed by atoms with Crippen molar-refractivity contribution in [1.82, 2.24) is 10.3 Å². The fraction of sp³-hybridized carbons (Fsp3) is 0.359. The van der Waals surface area contributed by atoms with Crippen molar-refractivity contribution < 1.29 is 33.6 Å². The summed E-state index contributed by atoms with van der Waals surface area (Å²) in [4.78, 5) is 28.1. The summed E-state index contributed by atoms with van der Waals surface area (Å²) >= 11 is 12.6. The summed E-state index contributed by atoms with van der Waals surface area (Å²) in [5.74, 6) is 0.747. The highest BCUT2D eigenvalue weighted by Gasteiger charge is 2.21. The second kappa shape index (κ2) is 19.9. The summed E-state index contributed by atoms with van der Waals surface area (Å²) in [7, 11) is 1.35. The molecule has 1 unspecified atom stereocenters. The number of benzene rings is 3. The zero-order valence-corrected chi connectivity index (χ0v) is 30.7. The quantitative estimate of drug-likeness (QED) is 0.0471. The molecule has 3 aromatic carbocycles. The molecule has 0 fully saturated rings. The van der Waals surface area contributed by atoms with Crippen LogP contribution in [-0.4, -0.2) is 54.2 Å². The number of carbonyl (C=O) groups excluding carboxylic acids is 1. The lowest BCUT2D eigenvalue weighted by molar-refractivity contribution is -0.143. The fourth-order valence-corrected chi connectivity index (χ4v) is 5.91. The van der Waals surface area contributed by atoms with E-state index in [-0.39, 0.29) is 31.3 Å². The van der Waals surface area contributed by atoms with Gasteiger partial charge in [0.05, 0.1) is 24.3 Å². The normalized spacial score (nSPS) is 11.6. The molecule has 0 saturated carbocycles. The third kappa shape index (κ3) is 11.1. The average Bonchev–Trinajstić information content (AvgIpc) is 3.13. The molecule has 0 spiro atoms. The van der Waals surface area contributed by atoms with Crippen molar-refractivity contribution in [1.29, 1.82) is 0 Å². The largest absolute Gasteiger partial charge is 0.493 e. The van der Waals surface area contributed by atoms with Gasteiger partial charge in [-0.25, -0.2) is 4.79 Å². The number of pyridine rings is 1. The second-order valence-corrected chi connectivity index (χ2v) is 12.8. The Balaban J connectivity index is 1.59. The molecule has 51 heavy (non-hydrogen) atoms. The van der Waals surface area contributed by atoms with Gasteiger partial charge in [0.2, 0.25) is 0 Å². The Morgan fingerprint density at radius 2 is 1.63 bits per heavy atom. The van der Waals surface area contributed by atoms with Crippen molar-refractivity contribution in [2.24, 2.45) is 5.73 Å². The Kier molecular flexibility index (Phi) is 15.4. The van der Waals surface area contributed by atoms with E-state index in [0.29, 0.717) is 53.1 Å². The summed E-state index contributed by atoms with van der Waals surface area (Å²) in [6.45, 7) is 5.69. The number of aromatic carboxylic acids is 1. The van der Waals surface area contributed by atoms with Gasteiger partial charge >= 0.3 is 11.9 Å². The zero-order chi connectivity index (χ0) is 36.8. The predicted octanol–water partition coefficient (Wildman–Crippen LogP) is 7.64. The number of carboxylic acids is 1. The summed E-state index contributed by atoms with van der Waals surface area (Å²) in [5.41, 5.74) is 12.1. The molecule has 10 nitrogen and oxygen atoms in total. The van der Waals surface area contributed by atoms with E-state index >= 15 is 0 Å². The van der Waals surface area contributed by atoms with Gasteiger partial charge in [-0.2, -0.15) is 0 Å². The van der Waals surface area contributed by atoms with E-state index in [2.05, 4.69) is 29.4 Å². The van der Waals surface area contributed by atoms with Crippen LogP contribution in [0.4, 0.5) is 0 Å². The minimum absolute atomic E-state index is 0.0360. The SMILES string of the molecule is COC(=O)C(CCCCN)NCc1cc(Cl)c(OCc2cccc(-c3cccc(OCCCCl)c3C)c2C)cc1OCc1cncc(C(=O)O)c1. The van der Waals surface area contributed by atoms with Crippen LogP contribution >= 0.6 is 23.2 Å². The van der Waals surface area contributed by atoms with E-state index in [1.165, 1.54) is 19.4 Å². The van der Waals surface area contributed by atoms with Gasteiger partial charge in [0.1, 0.15) is 36.5 Å². The van der Waals surface area contributed by atoms with Gasteiger partial charge in [0.15, 0.2) is 0 Å². The van der Waals surface area contributed by atoms with Gasteiger partial charge in [0, 0.05) is 42.0 Å². The molecule has 0 amide bonds. The molecule has 12 heteroatoms. The van der Waals surface area contributed by atoms with Crippen LogP contribution in [0.15, 0.2) is 67.0 Å². The van der Waals surface area contributed by atoms with E-state index in [9.17, 15) is 14.7 Å². The van der Waals surface area contributed by atoms with E-state index < -0.39 is 12.0 Å². The van der Waals surface area contributed by atoms with Crippen LogP contribution in [-0.2, 0) is 29.3 Å². The number of aromatic nitrogens is 1. The van der Waals surface area contributed by atoms with Crippen LogP contribution in [0, 0.1) is 13.8 Å². The zero-order valence-electron chi connectivity index (χ0n) is 29.2. The maximum Gasteiger partial charge on any atom is 0.337 e. The van der Waals surface area contributed by atoms with Gasteiger partial charge in [-0.1, -0.05) is 48.4 Å². The number of carbonyl (C=O) groups is 2. The molecule has 0 aliphatic rings. The van der Waals surface area contributed by atoms with Crippen LogP contribution in [0.25, 0.3) is 11.1 Å². The Morgan fingerprint density at radius 3 is 2.35 bits per heavy atom. The molecular formula is C39H45Cl2N3O7. The summed E-state index contributed by atoms with van der Waals surface area (Å²) in [6, 6.07) is 16.5. The third-order valence-corrected chi connectivity index (χ3v) is 9.02. The van der Waals surface area contributed by atoms with Crippen molar-refractivity contribution in [2.75, 3.05) is 26.1 Å². The van der Waals surface area contributed by atoms with E-state index in [1.807, 2.05) is 31.2 Å². The number of esters is 1. The first-order valence-corrected chi connectivity index (χ1v) is 17.7. The van der Waals surface area contributed by atoms with Crippen LogP contribution < -0.4 is 25.3 Å². The van der Waals surface area contributed by atoms with E-state index in [1.54, 1.807) is 18.3 Å². The van der Waals surface area contributed by atoms with Crippen molar-refractivity contribution in [3.8, 4) is 28.4 Å². The molecule has 1 atom stereocenters. The molecule has 4 rings (SSSR count). The second-order valence-electron chi connectivity index (χ2n) is 12.0. The van der Waals surface area contributed by atoms with Crippen LogP contribution in [0.5, 0.6) is 17.2 Å². The Hall–Kier alpha value is -4.35. The Morgan fingerprint density at radius 1 is 0.882 bits per heavy atom. The number of hydrogen-bond acceptors (Lipinski definition) is 9.